The average Bonchev–Trinajstić information content (AvgIpc) is 2.55. The smallest absolute Gasteiger partial charge is 0.219 e. The third kappa shape index (κ3) is 2.27. The minimum absolute atomic E-state index is 0.0600. The summed E-state index contributed by atoms with van der Waals surface area (Å²) >= 11 is 0. The lowest BCUT2D eigenvalue weighted by Crippen LogP contribution is -2.52. The molecular formula is C12H18N2O2. The summed E-state index contributed by atoms with van der Waals surface area (Å²) < 4.78 is 5.23. The summed E-state index contributed by atoms with van der Waals surface area (Å²) in [5, 5.41) is 3.45. The Bertz CT molecular complexity index is 380. The molecule has 0 bridgehead atoms. The standard InChI is InChI=1S/C12H18N2O2/c1-9-10(3-6-16-9)8-14-12(4-2-5-12)7-11(13)15/h3,6,14H,2,4-5,7-8H2,1H3,(H2,13,15). The number of furan rings is 1. The van der Waals surface area contributed by atoms with Crippen molar-refractivity contribution in [3.8, 4) is 0 Å². The number of hydrogen-bond acceptors (Lipinski definition) is 3. The molecule has 0 spiro atoms. The summed E-state index contributed by atoms with van der Waals surface area (Å²) in [6.45, 7) is 2.69. The molecule has 4 nitrogen and oxygen atoms in total. The zero-order valence-electron chi connectivity index (χ0n) is 9.58. The van der Waals surface area contributed by atoms with Gasteiger partial charge in [-0.1, -0.05) is 0 Å². The second-order valence-corrected chi connectivity index (χ2v) is 4.63. The normalized spacial score (nSPS) is 18.1. The number of aryl methyl sites for hydroxylation is 1. The molecule has 1 aromatic rings. The van der Waals surface area contributed by atoms with Crippen LogP contribution >= 0.6 is 0 Å². The fourth-order valence-corrected chi connectivity index (χ4v) is 2.23. The van der Waals surface area contributed by atoms with E-state index >= 15 is 0 Å². The Hall–Kier alpha value is -1.29. The monoisotopic (exact) mass is 222 g/mol. The van der Waals surface area contributed by atoms with Gasteiger partial charge in [0.15, 0.2) is 0 Å². The van der Waals surface area contributed by atoms with Crippen LogP contribution in [0, 0.1) is 6.92 Å². The molecule has 0 aliphatic heterocycles. The van der Waals surface area contributed by atoms with E-state index in [2.05, 4.69) is 5.32 Å². The van der Waals surface area contributed by atoms with E-state index in [-0.39, 0.29) is 11.4 Å². The predicted molar refractivity (Wildman–Crippen MR) is 60.7 cm³/mol. The molecule has 3 N–H and O–H groups in total. The lowest BCUT2D eigenvalue weighted by Gasteiger charge is -2.42. The van der Waals surface area contributed by atoms with Crippen LogP contribution < -0.4 is 11.1 Å². The lowest BCUT2D eigenvalue weighted by molar-refractivity contribution is -0.120. The van der Waals surface area contributed by atoms with Crippen LogP contribution in [-0.4, -0.2) is 11.4 Å². The maximum absolute atomic E-state index is 11.0. The molecule has 1 saturated carbocycles. The Morgan fingerprint density at radius 3 is 2.81 bits per heavy atom. The van der Waals surface area contributed by atoms with Crippen LogP contribution in [0.15, 0.2) is 16.7 Å². The molecule has 1 aliphatic carbocycles. The van der Waals surface area contributed by atoms with Crippen LogP contribution in [0.4, 0.5) is 0 Å². The highest BCUT2D eigenvalue weighted by Gasteiger charge is 2.37. The number of rotatable bonds is 5. The van der Waals surface area contributed by atoms with Gasteiger partial charge in [0.25, 0.3) is 0 Å². The summed E-state index contributed by atoms with van der Waals surface area (Å²) in [5.74, 6) is 0.706. The van der Waals surface area contributed by atoms with E-state index in [0.29, 0.717) is 6.42 Å². The van der Waals surface area contributed by atoms with Gasteiger partial charge in [0.05, 0.1) is 6.26 Å². The summed E-state index contributed by atoms with van der Waals surface area (Å²) in [4.78, 5) is 11.0. The van der Waals surface area contributed by atoms with Crippen LogP contribution in [0.3, 0.4) is 0 Å². The van der Waals surface area contributed by atoms with Gasteiger partial charge in [0.2, 0.25) is 5.91 Å². The van der Waals surface area contributed by atoms with E-state index in [1.807, 2.05) is 13.0 Å². The molecule has 0 aromatic carbocycles. The van der Waals surface area contributed by atoms with Gasteiger partial charge in [-0.05, 0) is 32.3 Å². The fraction of sp³-hybridized carbons (Fsp3) is 0.583. The molecule has 0 saturated heterocycles. The molecule has 2 rings (SSSR count). The van der Waals surface area contributed by atoms with Crippen LogP contribution in [0.5, 0.6) is 0 Å². The predicted octanol–water partition coefficient (Wildman–Crippen LogP) is 1.48. The van der Waals surface area contributed by atoms with Gasteiger partial charge in [-0.3, -0.25) is 4.79 Å². The van der Waals surface area contributed by atoms with Crippen molar-refractivity contribution in [1.29, 1.82) is 0 Å². The van der Waals surface area contributed by atoms with Gasteiger partial charge in [-0.25, -0.2) is 0 Å². The molecule has 4 heteroatoms. The number of nitrogens with one attached hydrogen (secondary N) is 1. The number of hydrogen-bond donors (Lipinski definition) is 2. The number of carbonyl (C=O) groups excluding carboxylic acids is 1. The van der Waals surface area contributed by atoms with E-state index in [1.165, 1.54) is 6.42 Å². The molecule has 88 valence electrons. The first-order chi connectivity index (χ1) is 7.61. The van der Waals surface area contributed by atoms with E-state index in [9.17, 15) is 4.79 Å². The van der Waals surface area contributed by atoms with Crippen LogP contribution in [0.1, 0.15) is 37.0 Å². The number of carbonyl (C=O) groups is 1. The Kier molecular flexibility index (Phi) is 3.01. The van der Waals surface area contributed by atoms with Crippen molar-refractivity contribution in [2.45, 2.75) is 44.7 Å². The SMILES string of the molecule is Cc1occc1CNC1(CC(N)=O)CCC1. The van der Waals surface area contributed by atoms with Gasteiger partial charge < -0.3 is 15.5 Å². The minimum atomic E-state index is -0.226. The number of primary amides is 1. The first-order valence-electron chi connectivity index (χ1n) is 5.68. The maximum Gasteiger partial charge on any atom is 0.219 e. The van der Waals surface area contributed by atoms with Crippen LogP contribution in [0.2, 0.25) is 0 Å². The molecule has 1 aliphatic rings. The zero-order valence-corrected chi connectivity index (χ0v) is 9.58. The van der Waals surface area contributed by atoms with Gasteiger partial charge >= 0.3 is 0 Å². The molecule has 0 atom stereocenters. The molecule has 16 heavy (non-hydrogen) atoms. The third-order valence-corrected chi connectivity index (χ3v) is 3.44. The summed E-state index contributed by atoms with van der Waals surface area (Å²) in [6, 6.07) is 1.96. The van der Waals surface area contributed by atoms with Gasteiger partial charge in [0.1, 0.15) is 5.76 Å². The van der Waals surface area contributed by atoms with Crippen molar-refractivity contribution < 1.29 is 9.21 Å². The zero-order chi connectivity index (χ0) is 11.6. The summed E-state index contributed by atoms with van der Waals surface area (Å²) in [6.07, 6.45) is 5.36. The van der Waals surface area contributed by atoms with E-state index in [1.54, 1.807) is 6.26 Å². The number of nitrogens with two attached hydrogens (primary N) is 1. The number of amides is 1. The topological polar surface area (TPSA) is 68.3 Å². The van der Waals surface area contributed by atoms with Crippen molar-refractivity contribution in [2.24, 2.45) is 5.73 Å². The quantitative estimate of drug-likeness (QED) is 0.792. The van der Waals surface area contributed by atoms with Gasteiger partial charge in [-0.15, -0.1) is 0 Å². The van der Waals surface area contributed by atoms with Crippen LogP contribution in [0.25, 0.3) is 0 Å². The largest absolute Gasteiger partial charge is 0.469 e. The summed E-state index contributed by atoms with van der Waals surface area (Å²) in [7, 11) is 0. The molecule has 1 aromatic heterocycles. The highest BCUT2D eigenvalue weighted by Crippen LogP contribution is 2.35. The Labute approximate surface area is 95.2 Å². The van der Waals surface area contributed by atoms with Crippen molar-refractivity contribution in [2.75, 3.05) is 0 Å². The van der Waals surface area contributed by atoms with Crippen molar-refractivity contribution in [3.63, 3.8) is 0 Å². The van der Waals surface area contributed by atoms with E-state index in [4.69, 9.17) is 10.2 Å². The van der Waals surface area contributed by atoms with Crippen molar-refractivity contribution in [3.05, 3.63) is 23.7 Å². The second kappa shape index (κ2) is 4.29. The van der Waals surface area contributed by atoms with E-state index < -0.39 is 0 Å². The van der Waals surface area contributed by atoms with Gasteiger partial charge in [-0.2, -0.15) is 0 Å². The minimum Gasteiger partial charge on any atom is -0.469 e. The Morgan fingerprint density at radius 1 is 1.62 bits per heavy atom. The Balaban J connectivity index is 1.93. The Morgan fingerprint density at radius 2 is 2.38 bits per heavy atom. The third-order valence-electron chi connectivity index (χ3n) is 3.44. The lowest BCUT2D eigenvalue weighted by atomic mass is 9.74. The molecule has 1 heterocycles. The second-order valence-electron chi connectivity index (χ2n) is 4.63. The van der Waals surface area contributed by atoms with Crippen LogP contribution in [-0.2, 0) is 11.3 Å². The molecule has 1 fully saturated rings. The van der Waals surface area contributed by atoms with Gasteiger partial charge in [0, 0.05) is 24.1 Å². The molecular weight excluding hydrogens is 204 g/mol. The highest BCUT2D eigenvalue weighted by molar-refractivity contribution is 5.75. The van der Waals surface area contributed by atoms with E-state index in [0.717, 1.165) is 30.7 Å². The molecule has 1 amide bonds. The maximum atomic E-state index is 11.0. The van der Waals surface area contributed by atoms with Crippen molar-refractivity contribution >= 4 is 5.91 Å². The first kappa shape index (κ1) is 11.2. The highest BCUT2D eigenvalue weighted by atomic mass is 16.3. The average molecular weight is 222 g/mol. The first-order valence-corrected chi connectivity index (χ1v) is 5.68. The fourth-order valence-electron chi connectivity index (χ4n) is 2.23. The summed E-state index contributed by atoms with van der Waals surface area (Å²) in [5.41, 5.74) is 6.36. The molecule has 0 radical (unpaired) electrons. The van der Waals surface area contributed by atoms with Crippen molar-refractivity contribution in [1.82, 2.24) is 5.32 Å². The molecule has 0 unspecified atom stereocenters.